The largest absolute Gasteiger partial charge is 0.479 e. The third-order valence-corrected chi connectivity index (χ3v) is 7.65. The summed E-state index contributed by atoms with van der Waals surface area (Å²) in [5.74, 6) is 1.10. The van der Waals surface area contributed by atoms with Gasteiger partial charge in [-0.3, -0.25) is 0 Å². The molecule has 13 heteroatoms. The summed E-state index contributed by atoms with van der Waals surface area (Å²) in [6.07, 6.45) is 2.54. The highest BCUT2D eigenvalue weighted by Gasteiger charge is 2.36. The Kier molecular flexibility index (Phi) is 5.28. The van der Waals surface area contributed by atoms with E-state index in [1.807, 2.05) is 11.6 Å². The van der Waals surface area contributed by atoms with E-state index in [1.54, 1.807) is 20.4 Å². The molecule has 0 spiro atoms. The first-order chi connectivity index (χ1) is 17.2. The van der Waals surface area contributed by atoms with Crippen LogP contribution in [-0.2, 0) is 26.2 Å². The van der Waals surface area contributed by atoms with Gasteiger partial charge in [0.05, 0.1) is 41.8 Å². The molecule has 1 aliphatic heterocycles. The van der Waals surface area contributed by atoms with Crippen molar-refractivity contribution in [2.24, 2.45) is 7.05 Å². The predicted molar refractivity (Wildman–Crippen MR) is 126 cm³/mol. The third kappa shape index (κ3) is 3.81. The molecule has 1 fully saturated rings. The number of methoxy groups -OCH3 is 1. The number of hydrogen-bond acceptors (Lipinski definition) is 8. The van der Waals surface area contributed by atoms with E-state index in [-0.39, 0.29) is 5.82 Å². The lowest BCUT2D eigenvalue weighted by molar-refractivity contribution is -0.140. The molecule has 9 nitrogen and oxygen atoms in total. The number of nitrogens with zero attached hydrogens (tertiary/aromatic N) is 8. The van der Waals surface area contributed by atoms with Crippen molar-refractivity contribution in [1.29, 1.82) is 0 Å². The predicted octanol–water partition coefficient (Wildman–Crippen LogP) is 4.30. The van der Waals surface area contributed by atoms with Crippen molar-refractivity contribution in [1.82, 2.24) is 34.3 Å². The molecule has 0 N–H and O–H groups in total. The Morgan fingerprint density at radius 3 is 2.67 bits per heavy atom. The molecule has 0 radical (unpaired) electrons. The minimum Gasteiger partial charge on any atom is -0.479 e. The van der Waals surface area contributed by atoms with Gasteiger partial charge in [0.1, 0.15) is 12.0 Å². The Labute approximate surface area is 208 Å². The quantitative estimate of drug-likeness (QED) is 0.391. The molecule has 2 aliphatic rings. The first-order valence-corrected chi connectivity index (χ1v) is 12.3. The van der Waals surface area contributed by atoms with E-state index in [9.17, 15) is 13.2 Å². The van der Waals surface area contributed by atoms with E-state index in [0.717, 1.165) is 59.9 Å². The Morgan fingerprint density at radius 1 is 1.17 bits per heavy atom. The number of halogens is 3. The summed E-state index contributed by atoms with van der Waals surface area (Å²) < 4.78 is 48.3. The van der Waals surface area contributed by atoms with Crippen molar-refractivity contribution in [2.75, 3.05) is 18.6 Å². The Morgan fingerprint density at radius 2 is 1.97 bits per heavy atom. The van der Waals surface area contributed by atoms with Gasteiger partial charge in [-0.1, -0.05) is 11.3 Å². The number of thiazole rings is 1. The van der Waals surface area contributed by atoms with Crippen molar-refractivity contribution in [3.05, 3.63) is 47.1 Å². The molecule has 4 aromatic rings. The molecular formula is C23H23F3N8OS. The number of alkyl halides is 3. The highest BCUT2D eigenvalue weighted by molar-refractivity contribution is 7.18. The average molecular weight is 517 g/mol. The first-order valence-electron chi connectivity index (χ1n) is 11.5. The summed E-state index contributed by atoms with van der Waals surface area (Å²) in [5, 5.41) is 5.57. The molecule has 0 aromatic carbocycles. The molecular weight excluding hydrogens is 493 g/mol. The van der Waals surface area contributed by atoms with E-state index < -0.39 is 11.9 Å². The van der Waals surface area contributed by atoms with Gasteiger partial charge in [0.25, 0.3) is 0 Å². The maximum absolute atomic E-state index is 13.1. The smallest absolute Gasteiger partial charge is 0.434 e. The molecule has 0 amide bonds. The number of fused-ring (bicyclic) bond motifs is 1. The fourth-order valence-electron chi connectivity index (χ4n) is 4.68. The number of hydrogen-bond donors (Lipinski definition) is 0. The van der Waals surface area contributed by atoms with Crippen LogP contribution in [0.3, 0.4) is 0 Å². The van der Waals surface area contributed by atoms with E-state index in [1.165, 1.54) is 27.8 Å². The maximum atomic E-state index is 13.1. The van der Waals surface area contributed by atoms with Crippen molar-refractivity contribution in [3.63, 3.8) is 0 Å². The standard InChI is InChI=1S/C23H23F3N8OS/c1-12-14-6-7-33(22-27-8-16(36-22)20-30-17(10-32(20)2)23(24,25)26)9-15(14)34(31-12)19-18(13-4-5-13)28-11-29-21(19)35-3/h8,10-11,13H,4-7,9H2,1-3H3. The zero-order chi connectivity index (χ0) is 25.2. The molecule has 6 rings (SSSR count). The molecule has 4 aromatic heterocycles. The van der Waals surface area contributed by atoms with Crippen LogP contribution < -0.4 is 9.64 Å². The van der Waals surface area contributed by atoms with Gasteiger partial charge in [0.2, 0.25) is 5.88 Å². The normalized spacial score (nSPS) is 15.9. The Hall–Kier alpha value is -3.48. The highest BCUT2D eigenvalue weighted by atomic mass is 32.1. The van der Waals surface area contributed by atoms with Crippen LogP contribution in [0.4, 0.5) is 18.3 Å². The Balaban J connectivity index is 1.35. The number of aryl methyl sites for hydroxylation is 2. The van der Waals surface area contributed by atoms with E-state index >= 15 is 0 Å². The number of anilines is 1. The van der Waals surface area contributed by atoms with Crippen molar-refractivity contribution in [2.45, 2.75) is 44.8 Å². The van der Waals surface area contributed by atoms with Gasteiger partial charge in [-0.25, -0.2) is 19.6 Å². The van der Waals surface area contributed by atoms with Crippen LogP contribution >= 0.6 is 11.3 Å². The zero-order valence-corrected chi connectivity index (χ0v) is 20.7. The van der Waals surface area contributed by atoms with Gasteiger partial charge in [-0.2, -0.15) is 23.3 Å². The van der Waals surface area contributed by atoms with Gasteiger partial charge in [0.15, 0.2) is 16.6 Å². The second-order valence-electron chi connectivity index (χ2n) is 9.05. The zero-order valence-electron chi connectivity index (χ0n) is 19.9. The number of aromatic nitrogens is 7. The van der Waals surface area contributed by atoms with Gasteiger partial charge in [-0.15, -0.1) is 0 Å². The minimum absolute atomic E-state index is 0.241. The van der Waals surface area contributed by atoms with Gasteiger partial charge in [0, 0.05) is 31.3 Å². The monoisotopic (exact) mass is 516 g/mol. The summed E-state index contributed by atoms with van der Waals surface area (Å²) >= 11 is 1.32. The van der Waals surface area contributed by atoms with Crippen LogP contribution in [0, 0.1) is 6.92 Å². The van der Waals surface area contributed by atoms with Crippen LogP contribution in [0.1, 0.15) is 47.1 Å². The molecule has 188 valence electrons. The molecule has 36 heavy (non-hydrogen) atoms. The topological polar surface area (TPSA) is 86.8 Å². The number of rotatable bonds is 5. The van der Waals surface area contributed by atoms with E-state index in [2.05, 4.69) is 24.8 Å². The van der Waals surface area contributed by atoms with Crippen LogP contribution in [0.2, 0.25) is 0 Å². The summed E-state index contributed by atoms with van der Waals surface area (Å²) in [6.45, 7) is 3.26. The van der Waals surface area contributed by atoms with Gasteiger partial charge in [-0.05, 0) is 26.2 Å². The lowest BCUT2D eigenvalue weighted by Gasteiger charge is -2.27. The molecule has 0 unspecified atom stereocenters. The molecule has 5 heterocycles. The third-order valence-electron chi connectivity index (χ3n) is 6.60. The van der Waals surface area contributed by atoms with Crippen molar-refractivity contribution >= 4 is 16.5 Å². The van der Waals surface area contributed by atoms with Crippen molar-refractivity contribution in [3.8, 4) is 22.3 Å². The van der Waals surface area contributed by atoms with E-state index in [0.29, 0.717) is 23.2 Å². The SMILES string of the molecule is COc1ncnc(C2CC2)c1-n1nc(C)c2c1CN(c1ncc(-c3nc(C(F)(F)F)cn3C)s1)CC2. The fraction of sp³-hybridized carbons (Fsp3) is 0.435. The van der Waals surface area contributed by atoms with Crippen LogP contribution in [0.15, 0.2) is 18.7 Å². The second-order valence-corrected chi connectivity index (χ2v) is 10.1. The maximum Gasteiger partial charge on any atom is 0.434 e. The number of imidazole rings is 1. The minimum atomic E-state index is -4.50. The molecule has 1 aliphatic carbocycles. The highest BCUT2D eigenvalue weighted by Crippen LogP contribution is 2.44. The Bertz CT molecular complexity index is 1450. The molecule has 0 bridgehead atoms. The molecule has 1 saturated carbocycles. The van der Waals surface area contributed by atoms with Gasteiger partial charge < -0.3 is 14.2 Å². The molecule has 0 saturated heterocycles. The lowest BCUT2D eigenvalue weighted by atomic mass is 10.1. The van der Waals surface area contributed by atoms with E-state index in [4.69, 9.17) is 9.84 Å². The molecule has 0 atom stereocenters. The summed E-state index contributed by atoms with van der Waals surface area (Å²) in [7, 11) is 3.15. The first kappa shape index (κ1) is 23.0. The van der Waals surface area contributed by atoms with Crippen LogP contribution in [0.5, 0.6) is 5.88 Å². The number of ether oxygens (including phenoxy) is 1. The summed E-state index contributed by atoms with van der Waals surface area (Å²) in [4.78, 5) is 19.9. The second kappa shape index (κ2) is 8.29. The van der Waals surface area contributed by atoms with Gasteiger partial charge >= 0.3 is 6.18 Å². The fourth-order valence-corrected chi connectivity index (χ4v) is 5.65. The summed E-state index contributed by atoms with van der Waals surface area (Å²) in [6, 6.07) is 0. The van der Waals surface area contributed by atoms with Crippen LogP contribution in [0.25, 0.3) is 16.4 Å². The average Bonchev–Trinajstić information content (AvgIpc) is 3.30. The lowest BCUT2D eigenvalue weighted by Crippen LogP contribution is -2.31. The summed E-state index contributed by atoms with van der Waals surface area (Å²) in [5.41, 5.74) is 3.95. The van der Waals surface area contributed by atoms with Crippen LogP contribution in [-0.4, -0.2) is 47.9 Å². The van der Waals surface area contributed by atoms with Crippen molar-refractivity contribution < 1.29 is 17.9 Å².